The van der Waals surface area contributed by atoms with Gasteiger partial charge in [-0.3, -0.25) is 4.31 Å². The van der Waals surface area contributed by atoms with Crippen molar-refractivity contribution in [1.29, 1.82) is 0 Å². The summed E-state index contributed by atoms with van der Waals surface area (Å²) >= 11 is 1.44. The second kappa shape index (κ2) is 6.20. The highest BCUT2D eigenvalue weighted by molar-refractivity contribution is 7.96. The molecule has 1 aliphatic heterocycles. The first kappa shape index (κ1) is 15.8. The van der Waals surface area contributed by atoms with Crippen LogP contribution < -0.4 is 0 Å². The molecule has 3 rings (SSSR count). The van der Waals surface area contributed by atoms with E-state index >= 15 is 0 Å². The Hall–Kier alpha value is -2.07. The molecule has 0 saturated heterocycles. The fourth-order valence-electron chi connectivity index (χ4n) is 2.80. The number of rotatable bonds is 2. The Morgan fingerprint density at radius 2 is 1.39 bits per heavy atom. The largest absolute Gasteiger partial charge is 0.284 e. The maximum atomic E-state index is 4.86. The summed E-state index contributed by atoms with van der Waals surface area (Å²) in [6.07, 6.45) is 0. The van der Waals surface area contributed by atoms with Crippen molar-refractivity contribution < 1.29 is 0 Å². The zero-order valence-electron chi connectivity index (χ0n) is 14.2. The van der Waals surface area contributed by atoms with E-state index in [0.717, 1.165) is 22.8 Å². The highest BCUT2D eigenvalue weighted by Crippen LogP contribution is 2.25. The van der Waals surface area contributed by atoms with Crippen LogP contribution in [0.25, 0.3) is 0 Å². The number of aryl methyl sites for hydroxylation is 4. The molecule has 0 fully saturated rings. The van der Waals surface area contributed by atoms with Crippen molar-refractivity contribution in [2.75, 3.05) is 7.05 Å². The predicted octanol–water partition coefficient (Wildman–Crippen LogP) is 4.62. The molecular formula is C19H21N3S. The lowest BCUT2D eigenvalue weighted by molar-refractivity contribution is 0.839. The summed E-state index contributed by atoms with van der Waals surface area (Å²) in [6, 6.07) is 12.9. The Bertz CT molecular complexity index is 821. The van der Waals surface area contributed by atoms with Crippen molar-refractivity contribution >= 4 is 23.8 Å². The third kappa shape index (κ3) is 3.17. The van der Waals surface area contributed by atoms with Gasteiger partial charge in [0, 0.05) is 18.2 Å². The normalized spacial score (nSPS) is 14.6. The molecule has 23 heavy (non-hydrogen) atoms. The molecule has 0 radical (unpaired) electrons. The van der Waals surface area contributed by atoms with E-state index in [2.05, 4.69) is 68.5 Å². The molecule has 2 aromatic carbocycles. The lowest BCUT2D eigenvalue weighted by Crippen LogP contribution is -2.26. The molecule has 118 valence electrons. The van der Waals surface area contributed by atoms with Crippen molar-refractivity contribution in [3.05, 3.63) is 69.8 Å². The Balaban J connectivity index is 2.06. The molecule has 0 aromatic heterocycles. The van der Waals surface area contributed by atoms with Gasteiger partial charge in [0.15, 0.2) is 5.84 Å². The fourth-order valence-corrected chi connectivity index (χ4v) is 3.35. The molecule has 0 spiro atoms. The van der Waals surface area contributed by atoms with E-state index < -0.39 is 0 Å². The number of hydrogen-bond acceptors (Lipinski definition) is 4. The zero-order valence-corrected chi connectivity index (χ0v) is 15.0. The van der Waals surface area contributed by atoms with E-state index in [1.54, 1.807) is 0 Å². The van der Waals surface area contributed by atoms with Crippen LogP contribution in [0.2, 0.25) is 0 Å². The van der Waals surface area contributed by atoms with Crippen LogP contribution in [0, 0.1) is 27.7 Å². The van der Waals surface area contributed by atoms with Crippen LogP contribution >= 0.6 is 12.1 Å². The highest BCUT2D eigenvalue weighted by Gasteiger charge is 2.20. The smallest absolute Gasteiger partial charge is 0.171 e. The van der Waals surface area contributed by atoms with Gasteiger partial charge in [0.2, 0.25) is 0 Å². The first-order valence-corrected chi connectivity index (χ1v) is 8.41. The van der Waals surface area contributed by atoms with E-state index in [1.807, 2.05) is 11.4 Å². The maximum Gasteiger partial charge on any atom is 0.171 e. The summed E-state index contributed by atoms with van der Waals surface area (Å²) in [5, 5.41) is 0. The van der Waals surface area contributed by atoms with Gasteiger partial charge >= 0.3 is 0 Å². The lowest BCUT2D eigenvalue weighted by Gasteiger charge is -2.23. The van der Waals surface area contributed by atoms with Crippen LogP contribution in [0.3, 0.4) is 0 Å². The minimum Gasteiger partial charge on any atom is -0.284 e. The topological polar surface area (TPSA) is 28.0 Å². The Kier molecular flexibility index (Phi) is 4.26. The summed E-state index contributed by atoms with van der Waals surface area (Å²) in [5.74, 6) is 1.75. The average molecular weight is 323 g/mol. The molecule has 3 nitrogen and oxygen atoms in total. The number of aliphatic imine (C=N–C) groups is 1. The van der Waals surface area contributed by atoms with E-state index in [9.17, 15) is 0 Å². The number of hydrogen-bond donors (Lipinski definition) is 0. The minimum atomic E-state index is 0.792. The van der Waals surface area contributed by atoms with E-state index in [0.29, 0.717) is 0 Å². The molecular weight excluding hydrogens is 302 g/mol. The van der Waals surface area contributed by atoms with E-state index in [1.165, 1.54) is 34.4 Å². The lowest BCUT2D eigenvalue weighted by atomic mass is 10.0. The van der Waals surface area contributed by atoms with Gasteiger partial charge in [0.25, 0.3) is 0 Å². The van der Waals surface area contributed by atoms with Gasteiger partial charge in [-0.25, -0.2) is 4.99 Å². The van der Waals surface area contributed by atoms with Crippen LogP contribution in [0.5, 0.6) is 0 Å². The summed E-state index contributed by atoms with van der Waals surface area (Å²) in [4.78, 5) is 4.86. The SMILES string of the molecule is Cc1ccc(C2=NSN(C)C(c3ccc(C)cc3C)=N2)c(C)c1. The third-order valence-corrected chi connectivity index (χ3v) is 4.68. The molecule has 0 bridgehead atoms. The van der Waals surface area contributed by atoms with Crippen molar-refractivity contribution in [2.45, 2.75) is 27.7 Å². The van der Waals surface area contributed by atoms with Crippen molar-refractivity contribution in [3.63, 3.8) is 0 Å². The molecule has 0 unspecified atom stereocenters. The van der Waals surface area contributed by atoms with Crippen LogP contribution in [-0.4, -0.2) is 23.0 Å². The molecule has 0 aliphatic carbocycles. The second-order valence-corrected chi connectivity index (χ2v) is 6.96. The summed E-state index contributed by atoms with van der Waals surface area (Å²) < 4.78 is 6.58. The zero-order chi connectivity index (χ0) is 16.6. The van der Waals surface area contributed by atoms with Gasteiger partial charge in [-0.15, -0.1) is 0 Å². The van der Waals surface area contributed by atoms with E-state index in [4.69, 9.17) is 4.99 Å². The van der Waals surface area contributed by atoms with Gasteiger partial charge in [0.1, 0.15) is 5.84 Å². The van der Waals surface area contributed by atoms with Crippen molar-refractivity contribution in [1.82, 2.24) is 4.31 Å². The van der Waals surface area contributed by atoms with Gasteiger partial charge in [0.05, 0.1) is 12.1 Å². The standard InChI is InChI=1S/C19H21N3S/c1-12-6-8-16(14(3)10-12)18-20-19(22(5)23-21-18)17-9-7-13(2)11-15(17)4/h6-11H,1-5H3. The molecule has 2 aromatic rings. The quantitative estimate of drug-likeness (QED) is 0.754. The molecule has 0 atom stereocenters. The molecule has 0 saturated carbocycles. The van der Waals surface area contributed by atoms with Crippen molar-refractivity contribution in [3.8, 4) is 0 Å². The van der Waals surface area contributed by atoms with Crippen LogP contribution in [0.15, 0.2) is 45.8 Å². The Morgan fingerprint density at radius 1 is 0.826 bits per heavy atom. The monoisotopic (exact) mass is 323 g/mol. The minimum absolute atomic E-state index is 0.792. The number of nitrogens with zero attached hydrogens (tertiary/aromatic N) is 3. The molecule has 0 N–H and O–H groups in total. The molecule has 0 amide bonds. The molecule has 1 heterocycles. The van der Waals surface area contributed by atoms with Crippen LogP contribution in [0.1, 0.15) is 33.4 Å². The van der Waals surface area contributed by atoms with Gasteiger partial charge in [-0.1, -0.05) is 47.5 Å². The molecule has 1 aliphatic rings. The van der Waals surface area contributed by atoms with Crippen LogP contribution in [0.4, 0.5) is 0 Å². The first-order chi connectivity index (χ1) is 11.0. The Morgan fingerprint density at radius 3 is 1.96 bits per heavy atom. The summed E-state index contributed by atoms with van der Waals surface area (Å²) in [5.41, 5.74) is 7.21. The predicted molar refractivity (Wildman–Crippen MR) is 100 cm³/mol. The average Bonchev–Trinajstić information content (AvgIpc) is 2.49. The van der Waals surface area contributed by atoms with Gasteiger partial charge in [-0.2, -0.15) is 4.40 Å². The fraction of sp³-hybridized carbons (Fsp3) is 0.263. The van der Waals surface area contributed by atoms with Gasteiger partial charge < -0.3 is 0 Å². The summed E-state index contributed by atoms with van der Waals surface area (Å²) in [6.45, 7) is 8.46. The number of amidine groups is 2. The Labute approximate surface area is 142 Å². The summed E-state index contributed by atoms with van der Waals surface area (Å²) in [7, 11) is 2.01. The highest BCUT2D eigenvalue weighted by atomic mass is 32.2. The van der Waals surface area contributed by atoms with E-state index in [-0.39, 0.29) is 0 Å². The van der Waals surface area contributed by atoms with Crippen LogP contribution in [-0.2, 0) is 0 Å². The second-order valence-electron chi connectivity index (χ2n) is 6.07. The van der Waals surface area contributed by atoms with Gasteiger partial charge in [-0.05, 0) is 38.8 Å². The molecule has 4 heteroatoms. The maximum absolute atomic E-state index is 4.86. The number of benzene rings is 2. The van der Waals surface area contributed by atoms with Crippen molar-refractivity contribution in [2.24, 2.45) is 9.39 Å². The first-order valence-electron chi connectivity index (χ1n) is 7.68. The third-order valence-electron chi connectivity index (χ3n) is 4.01.